The van der Waals surface area contributed by atoms with E-state index in [0.29, 0.717) is 10.2 Å². The van der Waals surface area contributed by atoms with E-state index in [9.17, 15) is 4.39 Å². The van der Waals surface area contributed by atoms with Crippen LogP contribution in [-0.4, -0.2) is 11.6 Å². The van der Waals surface area contributed by atoms with Crippen molar-refractivity contribution >= 4 is 44.7 Å². The lowest BCUT2D eigenvalue weighted by atomic mass is 10.3. The molecule has 6 heteroatoms. The summed E-state index contributed by atoms with van der Waals surface area (Å²) in [5.41, 5.74) is 5.23. The minimum Gasteiger partial charge on any atom is -0.485 e. The Hall–Kier alpha value is -0.390. The van der Waals surface area contributed by atoms with Crippen molar-refractivity contribution in [2.45, 2.75) is 0 Å². The molecule has 0 amide bonds. The summed E-state index contributed by atoms with van der Waals surface area (Å²) in [5.74, 6) is -0.229. The van der Waals surface area contributed by atoms with Crippen LogP contribution >= 0.6 is 39.7 Å². The Kier molecular flexibility index (Phi) is 4.10. The maximum atomic E-state index is 13.0. The van der Waals surface area contributed by atoms with E-state index in [1.165, 1.54) is 12.1 Å². The van der Waals surface area contributed by atoms with Gasteiger partial charge in [-0.3, -0.25) is 0 Å². The Morgan fingerprint density at radius 1 is 1.64 bits per heavy atom. The molecule has 0 radical (unpaired) electrons. The second-order valence-electron chi connectivity index (χ2n) is 2.45. The Labute approximate surface area is 99.3 Å². The topological polar surface area (TPSA) is 35.2 Å². The number of rotatable bonds is 3. The van der Waals surface area contributed by atoms with E-state index in [1.54, 1.807) is 0 Å². The van der Waals surface area contributed by atoms with E-state index >= 15 is 0 Å². The Balaban J connectivity index is 2.87. The van der Waals surface area contributed by atoms with Crippen molar-refractivity contribution in [3.63, 3.8) is 0 Å². The van der Waals surface area contributed by atoms with Crippen LogP contribution in [0.4, 0.5) is 4.39 Å². The maximum absolute atomic E-state index is 13.0. The lowest BCUT2D eigenvalue weighted by molar-refractivity contribution is 0.372. The molecule has 0 heterocycles. The molecule has 0 aromatic heterocycles. The van der Waals surface area contributed by atoms with Gasteiger partial charge in [0.2, 0.25) is 0 Å². The molecule has 0 unspecified atom stereocenters. The number of hydrogen-bond donors (Lipinski definition) is 1. The van der Waals surface area contributed by atoms with Crippen molar-refractivity contribution in [2.24, 2.45) is 5.73 Å². The average Bonchev–Trinajstić information content (AvgIpc) is 2.09. The summed E-state index contributed by atoms with van der Waals surface area (Å²) in [5, 5.41) is 0.0274. The van der Waals surface area contributed by atoms with Gasteiger partial charge in [-0.25, -0.2) is 4.39 Å². The molecule has 0 aliphatic carbocycles. The van der Waals surface area contributed by atoms with Gasteiger partial charge in [0.1, 0.15) is 23.2 Å². The van der Waals surface area contributed by atoms with Gasteiger partial charge >= 0.3 is 0 Å². The van der Waals surface area contributed by atoms with E-state index in [1.807, 2.05) is 0 Å². The van der Waals surface area contributed by atoms with Crippen LogP contribution in [0.25, 0.3) is 0 Å². The molecule has 2 nitrogen and oxygen atoms in total. The molecule has 14 heavy (non-hydrogen) atoms. The number of hydrogen-bond acceptors (Lipinski definition) is 2. The minimum absolute atomic E-state index is 0.0274. The molecule has 1 aromatic carbocycles. The maximum Gasteiger partial charge on any atom is 0.145 e. The highest BCUT2D eigenvalue weighted by atomic mass is 79.9. The van der Waals surface area contributed by atoms with E-state index in [-0.39, 0.29) is 16.6 Å². The van der Waals surface area contributed by atoms with Crippen molar-refractivity contribution in [2.75, 3.05) is 6.61 Å². The third-order valence-electron chi connectivity index (χ3n) is 1.34. The predicted octanol–water partition coefficient (Wildman–Crippen LogP) is 2.91. The molecule has 0 fully saturated rings. The Morgan fingerprint density at radius 2 is 2.29 bits per heavy atom. The lowest BCUT2D eigenvalue weighted by Gasteiger charge is -2.07. The number of nitrogens with two attached hydrogens (primary N) is 1. The Morgan fingerprint density at radius 3 is 2.86 bits per heavy atom. The first kappa shape index (κ1) is 11.7. The third kappa shape index (κ3) is 3.08. The molecule has 0 spiro atoms. The first-order valence-corrected chi connectivity index (χ1v) is 5.14. The molecule has 1 rings (SSSR count). The summed E-state index contributed by atoms with van der Waals surface area (Å²) >= 11 is 13.3. The van der Waals surface area contributed by atoms with E-state index in [0.717, 1.165) is 0 Å². The van der Waals surface area contributed by atoms with Crippen molar-refractivity contribution in [1.82, 2.24) is 0 Å². The summed E-state index contributed by atoms with van der Waals surface area (Å²) in [7, 11) is 0. The molecule has 0 atom stereocenters. The van der Waals surface area contributed by atoms with Gasteiger partial charge in [0.05, 0.1) is 9.50 Å². The van der Waals surface area contributed by atoms with Gasteiger partial charge in [-0.2, -0.15) is 0 Å². The highest BCUT2D eigenvalue weighted by molar-refractivity contribution is 9.10. The van der Waals surface area contributed by atoms with Gasteiger partial charge in [0.15, 0.2) is 0 Å². The number of thiocarbonyl (C=S) groups is 1. The van der Waals surface area contributed by atoms with Gasteiger partial charge in [0, 0.05) is 6.07 Å². The zero-order chi connectivity index (χ0) is 10.7. The SMILES string of the molecule is NC(=S)COc1cc(F)c(Cl)cc1Br. The normalized spacial score (nSPS) is 9.93. The summed E-state index contributed by atoms with van der Waals surface area (Å²) in [6.07, 6.45) is 0. The van der Waals surface area contributed by atoms with Gasteiger partial charge in [-0.05, 0) is 22.0 Å². The monoisotopic (exact) mass is 297 g/mol. The van der Waals surface area contributed by atoms with Crippen LogP contribution in [0.3, 0.4) is 0 Å². The van der Waals surface area contributed by atoms with Crippen LogP contribution in [0.15, 0.2) is 16.6 Å². The molecule has 1 aromatic rings. The van der Waals surface area contributed by atoms with Gasteiger partial charge in [0.25, 0.3) is 0 Å². The molecule has 0 bridgehead atoms. The van der Waals surface area contributed by atoms with Crippen LogP contribution in [0.5, 0.6) is 5.75 Å². The number of benzene rings is 1. The number of halogens is 3. The molecular formula is C8H6BrClFNOS. The quantitative estimate of drug-likeness (QED) is 0.688. The smallest absolute Gasteiger partial charge is 0.145 e. The van der Waals surface area contributed by atoms with Crippen LogP contribution in [0, 0.1) is 5.82 Å². The van der Waals surface area contributed by atoms with E-state index in [4.69, 9.17) is 22.1 Å². The molecule has 76 valence electrons. The van der Waals surface area contributed by atoms with Gasteiger partial charge in [-0.1, -0.05) is 23.8 Å². The van der Waals surface area contributed by atoms with Crippen molar-refractivity contribution in [3.8, 4) is 5.75 Å². The molecule has 0 aliphatic heterocycles. The summed E-state index contributed by atoms with van der Waals surface area (Å²) in [6.45, 7) is 0.0645. The van der Waals surface area contributed by atoms with Crippen LogP contribution in [0.2, 0.25) is 5.02 Å². The summed E-state index contributed by atoms with van der Waals surface area (Å²) < 4.78 is 18.7. The fourth-order valence-corrected chi connectivity index (χ4v) is 1.58. The molecule has 0 aliphatic rings. The largest absolute Gasteiger partial charge is 0.485 e. The summed E-state index contributed by atoms with van der Waals surface area (Å²) in [6, 6.07) is 2.58. The van der Waals surface area contributed by atoms with Gasteiger partial charge < -0.3 is 10.5 Å². The molecule has 2 N–H and O–H groups in total. The highest BCUT2D eigenvalue weighted by Crippen LogP contribution is 2.30. The lowest BCUT2D eigenvalue weighted by Crippen LogP contribution is -2.18. The van der Waals surface area contributed by atoms with Crippen LogP contribution < -0.4 is 10.5 Å². The average molecular weight is 299 g/mol. The van der Waals surface area contributed by atoms with Gasteiger partial charge in [-0.15, -0.1) is 0 Å². The van der Waals surface area contributed by atoms with Crippen molar-refractivity contribution in [1.29, 1.82) is 0 Å². The second kappa shape index (κ2) is 4.91. The molecular weight excluding hydrogens is 293 g/mol. The molecule has 0 saturated carbocycles. The van der Waals surface area contributed by atoms with E-state index < -0.39 is 5.82 Å². The predicted molar refractivity (Wildman–Crippen MR) is 61.4 cm³/mol. The first-order valence-electron chi connectivity index (χ1n) is 3.56. The number of ether oxygens (including phenoxy) is 1. The third-order valence-corrected chi connectivity index (χ3v) is 2.37. The van der Waals surface area contributed by atoms with Crippen LogP contribution in [0.1, 0.15) is 0 Å². The van der Waals surface area contributed by atoms with Crippen molar-refractivity contribution < 1.29 is 9.13 Å². The first-order chi connectivity index (χ1) is 6.50. The highest BCUT2D eigenvalue weighted by Gasteiger charge is 2.07. The van der Waals surface area contributed by atoms with E-state index in [2.05, 4.69) is 28.1 Å². The summed E-state index contributed by atoms with van der Waals surface area (Å²) in [4.78, 5) is 0.201. The van der Waals surface area contributed by atoms with Crippen molar-refractivity contribution in [3.05, 3.63) is 27.4 Å². The zero-order valence-corrected chi connectivity index (χ0v) is 10.0. The van der Waals surface area contributed by atoms with Crippen LogP contribution in [-0.2, 0) is 0 Å². The standard InChI is InChI=1S/C8H6BrClFNOS/c9-4-1-5(10)6(11)2-7(4)13-3-8(12)14/h1-2H,3H2,(H2,12,14). The zero-order valence-electron chi connectivity index (χ0n) is 6.89. The second-order valence-corrected chi connectivity index (χ2v) is 4.24. The Bertz CT molecular complexity index is 375. The fraction of sp³-hybridized carbons (Fsp3) is 0.125. The minimum atomic E-state index is -0.548. The molecule has 0 saturated heterocycles. The fourth-order valence-electron chi connectivity index (χ4n) is 0.764.